The van der Waals surface area contributed by atoms with E-state index in [1.807, 2.05) is 30.3 Å². The van der Waals surface area contributed by atoms with Crippen LogP contribution in [0.4, 0.5) is 17.5 Å². The van der Waals surface area contributed by atoms with Crippen molar-refractivity contribution in [3.05, 3.63) is 53.7 Å². The largest absolute Gasteiger partial charge is 0.383 e. The highest BCUT2D eigenvalue weighted by atomic mass is 16.5. The van der Waals surface area contributed by atoms with Gasteiger partial charge in [0.1, 0.15) is 11.4 Å². The molecule has 10 nitrogen and oxygen atoms in total. The number of anilines is 3. The summed E-state index contributed by atoms with van der Waals surface area (Å²) in [4.78, 5) is 32.1. The van der Waals surface area contributed by atoms with Gasteiger partial charge < -0.3 is 32.2 Å². The molecule has 0 aliphatic heterocycles. The predicted octanol–water partition coefficient (Wildman–Crippen LogP) is 1.22. The summed E-state index contributed by atoms with van der Waals surface area (Å²) < 4.78 is 5.01. The zero-order valence-corrected chi connectivity index (χ0v) is 17.3. The van der Waals surface area contributed by atoms with Gasteiger partial charge >= 0.3 is 0 Å². The lowest BCUT2D eigenvalue weighted by Gasteiger charge is -2.14. The van der Waals surface area contributed by atoms with Crippen LogP contribution in [0.2, 0.25) is 0 Å². The van der Waals surface area contributed by atoms with E-state index < -0.39 is 5.91 Å². The van der Waals surface area contributed by atoms with Gasteiger partial charge in [-0.2, -0.15) is 4.98 Å². The summed E-state index contributed by atoms with van der Waals surface area (Å²) in [6.07, 6.45) is 1.36. The summed E-state index contributed by atoms with van der Waals surface area (Å²) in [6.45, 7) is 0.781. The van der Waals surface area contributed by atoms with Crippen LogP contribution in [0.15, 0.2) is 42.6 Å². The van der Waals surface area contributed by atoms with Gasteiger partial charge in [-0.15, -0.1) is 0 Å². The van der Waals surface area contributed by atoms with Gasteiger partial charge in [0.15, 0.2) is 0 Å². The zero-order chi connectivity index (χ0) is 22.4. The van der Waals surface area contributed by atoms with Crippen LogP contribution >= 0.6 is 0 Å². The quantitative estimate of drug-likeness (QED) is 0.344. The number of hydrogen-bond donors (Lipinski definition) is 5. The Morgan fingerprint density at radius 1 is 1.16 bits per heavy atom. The standard InChI is InChI=1S/C21H25N7O3/c1-24-20(30)14-4-3-13-8-16(6-5-12(13)7-14)27-19-17(18(23)29)10-26-21(28-19)25-9-15(22)11-31-2/h3-8,10,15H,9,11,22H2,1-2H3,(H2,23,29)(H,24,30)(H2,25,26,27,28)/t15-/m1/s1. The van der Waals surface area contributed by atoms with Gasteiger partial charge in [-0.05, 0) is 35.0 Å². The maximum atomic E-state index is 11.8. The fourth-order valence-electron chi connectivity index (χ4n) is 2.98. The van der Waals surface area contributed by atoms with Crippen molar-refractivity contribution in [2.75, 3.05) is 37.9 Å². The molecule has 3 aromatic rings. The first-order chi connectivity index (χ1) is 14.9. The van der Waals surface area contributed by atoms with Crippen LogP contribution < -0.4 is 27.4 Å². The number of rotatable bonds is 9. The first-order valence-electron chi connectivity index (χ1n) is 9.59. The summed E-state index contributed by atoms with van der Waals surface area (Å²) in [5, 5.41) is 10.6. The average molecular weight is 423 g/mol. The molecule has 0 aliphatic carbocycles. The second-order valence-corrected chi connectivity index (χ2v) is 6.90. The highest BCUT2D eigenvalue weighted by molar-refractivity contribution is 6.00. The number of nitrogens with one attached hydrogen (secondary N) is 3. The minimum absolute atomic E-state index is 0.151. The van der Waals surface area contributed by atoms with Gasteiger partial charge in [0.2, 0.25) is 5.95 Å². The summed E-state index contributed by atoms with van der Waals surface area (Å²) in [5.74, 6) is -0.232. The maximum absolute atomic E-state index is 11.8. The van der Waals surface area contributed by atoms with Crippen LogP contribution in [-0.4, -0.2) is 55.1 Å². The van der Waals surface area contributed by atoms with Crippen molar-refractivity contribution >= 4 is 40.0 Å². The lowest BCUT2D eigenvalue weighted by Crippen LogP contribution is -2.33. The molecule has 0 aliphatic rings. The van der Waals surface area contributed by atoms with Crippen LogP contribution in [0.3, 0.4) is 0 Å². The Hall–Kier alpha value is -3.76. The number of nitrogens with two attached hydrogens (primary N) is 2. The summed E-state index contributed by atoms with van der Waals surface area (Å²) in [7, 11) is 3.16. The van der Waals surface area contributed by atoms with Crippen molar-refractivity contribution < 1.29 is 14.3 Å². The topological polar surface area (TPSA) is 157 Å². The fourth-order valence-corrected chi connectivity index (χ4v) is 2.98. The molecule has 1 aromatic heterocycles. The van der Waals surface area contributed by atoms with E-state index in [-0.39, 0.29) is 23.3 Å². The van der Waals surface area contributed by atoms with Crippen molar-refractivity contribution in [1.82, 2.24) is 15.3 Å². The van der Waals surface area contributed by atoms with Crippen molar-refractivity contribution in [2.24, 2.45) is 11.5 Å². The average Bonchev–Trinajstić information content (AvgIpc) is 2.77. The van der Waals surface area contributed by atoms with Gasteiger partial charge in [-0.3, -0.25) is 9.59 Å². The Labute approximate surface area is 179 Å². The third-order valence-electron chi connectivity index (χ3n) is 4.55. The Kier molecular flexibility index (Phi) is 6.96. The molecule has 1 atom stereocenters. The number of primary amides is 1. The molecule has 2 amide bonds. The van der Waals surface area contributed by atoms with Crippen molar-refractivity contribution in [3.63, 3.8) is 0 Å². The highest BCUT2D eigenvalue weighted by Crippen LogP contribution is 2.24. The molecule has 3 rings (SSSR count). The Balaban J connectivity index is 1.85. The fraction of sp³-hybridized carbons (Fsp3) is 0.238. The van der Waals surface area contributed by atoms with E-state index in [0.717, 1.165) is 10.8 Å². The van der Waals surface area contributed by atoms with E-state index in [0.29, 0.717) is 30.4 Å². The highest BCUT2D eigenvalue weighted by Gasteiger charge is 2.14. The molecule has 162 valence electrons. The molecule has 0 saturated carbocycles. The van der Waals surface area contributed by atoms with Crippen LogP contribution in [0.5, 0.6) is 0 Å². The smallest absolute Gasteiger partial charge is 0.254 e. The third-order valence-corrected chi connectivity index (χ3v) is 4.55. The number of carbonyl (C=O) groups excluding carboxylic acids is 2. The van der Waals surface area contributed by atoms with Gasteiger partial charge in [0.05, 0.1) is 6.61 Å². The third kappa shape index (κ3) is 5.44. The molecule has 2 aromatic carbocycles. The number of hydrogen-bond acceptors (Lipinski definition) is 8. The molecule has 1 heterocycles. The van der Waals surface area contributed by atoms with Crippen LogP contribution in [-0.2, 0) is 4.74 Å². The Bertz CT molecular complexity index is 1100. The van der Waals surface area contributed by atoms with Crippen molar-refractivity contribution in [3.8, 4) is 0 Å². The summed E-state index contributed by atoms with van der Waals surface area (Å²) in [5.41, 5.74) is 12.8. The molecule has 10 heteroatoms. The molecular formula is C21H25N7O3. The molecule has 0 fully saturated rings. The number of nitrogens with zero attached hydrogens (tertiary/aromatic N) is 2. The first kappa shape index (κ1) is 21.9. The number of amides is 2. The maximum Gasteiger partial charge on any atom is 0.254 e. The molecule has 0 spiro atoms. The normalized spacial score (nSPS) is 11.7. The van der Waals surface area contributed by atoms with E-state index in [2.05, 4.69) is 25.9 Å². The number of fused-ring (bicyclic) bond motifs is 1. The second-order valence-electron chi connectivity index (χ2n) is 6.90. The van der Waals surface area contributed by atoms with Crippen LogP contribution in [0.25, 0.3) is 10.8 Å². The van der Waals surface area contributed by atoms with E-state index in [1.54, 1.807) is 20.2 Å². The Morgan fingerprint density at radius 2 is 1.90 bits per heavy atom. The lowest BCUT2D eigenvalue weighted by molar-refractivity contribution is 0.0961. The zero-order valence-electron chi connectivity index (χ0n) is 17.3. The van der Waals surface area contributed by atoms with Crippen molar-refractivity contribution in [1.29, 1.82) is 0 Å². The minimum atomic E-state index is -0.652. The monoisotopic (exact) mass is 423 g/mol. The molecule has 0 saturated heterocycles. The predicted molar refractivity (Wildman–Crippen MR) is 120 cm³/mol. The molecule has 31 heavy (non-hydrogen) atoms. The van der Waals surface area contributed by atoms with Crippen LogP contribution in [0.1, 0.15) is 20.7 Å². The van der Waals surface area contributed by atoms with Gasteiger partial charge in [-0.25, -0.2) is 4.98 Å². The number of carbonyl (C=O) groups is 2. The van der Waals surface area contributed by atoms with Gasteiger partial charge in [-0.1, -0.05) is 12.1 Å². The second kappa shape index (κ2) is 9.83. The number of methoxy groups -OCH3 is 1. The summed E-state index contributed by atoms with van der Waals surface area (Å²) in [6, 6.07) is 10.8. The molecule has 0 radical (unpaired) electrons. The number of ether oxygens (including phenoxy) is 1. The molecule has 7 N–H and O–H groups in total. The van der Waals surface area contributed by atoms with Gasteiger partial charge in [0, 0.05) is 44.2 Å². The first-order valence-corrected chi connectivity index (χ1v) is 9.59. The number of aromatic nitrogens is 2. The van der Waals surface area contributed by atoms with Crippen LogP contribution in [0, 0.1) is 0 Å². The number of benzene rings is 2. The lowest BCUT2D eigenvalue weighted by atomic mass is 10.1. The van der Waals surface area contributed by atoms with E-state index in [9.17, 15) is 9.59 Å². The van der Waals surface area contributed by atoms with Gasteiger partial charge in [0.25, 0.3) is 11.8 Å². The minimum Gasteiger partial charge on any atom is -0.383 e. The van der Waals surface area contributed by atoms with E-state index in [4.69, 9.17) is 16.2 Å². The SMILES string of the molecule is CNC(=O)c1ccc2cc(Nc3nc(NC[C@@H](N)COC)ncc3C(N)=O)ccc2c1. The molecule has 0 unspecified atom stereocenters. The Morgan fingerprint density at radius 3 is 2.61 bits per heavy atom. The van der Waals surface area contributed by atoms with Crippen molar-refractivity contribution in [2.45, 2.75) is 6.04 Å². The molecule has 0 bridgehead atoms. The van der Waals surface area contributed by atoms with E-state index in [1.165, 1.54) is 6.20 Å². The summed E-state index contributed by atoms with van der Waals surface area (Å²) >= 11 is 0. The van der Waals surface area contributed by atoms with E-state index >= 15 is 0 Å². The molecular weight excluding hydrogens is 398 g/mol.